The molecule has 1 nitrogen and oxygen atoms in total. The Morgan fingerprint density at radius 3 is 2.82 bits per heavy atom. The molecule has 1 aliphatic rings. The van der Waals surface area contributed by atoms with Crippen LogP contribution in [0.15, 0.2) is 36.7 Å². The predicted octanol–water partition coefficient (Wildman–Crippen LogP) is 3.91. The average Bonchev–Trinajstić information content (AvgIpc) is 2.72. The second kappa shape index (κ2) is 4.06. The van der Waals surface area contributed by atoms with E-state index in [9.17, 15) is 0 Å². The molecular formula is C16H19N. The highest BCUT2D eigenvalue weighted by Crippen LogP contribution is 2.27. The number of aromatic nitrogens is 1. The summed E-state index contributed by atoms with van der Waals surface area (Å²) in [5.74, 6) is 0.843. The number of aryl methyl sites for hydroxylation is 2. The Morgan fingerprint density at radius 1 is 1.18 bits per heavy atom. The normalized spacial score (nSPS) is 19.1. The van der Waals surface area contributed by atoms with Gasteiger partial charge in [0.1, 0.15) is 0 Å². The molecule has 0 aliphatic heterocycles. The van der Waals surface area contributed by atoms with E-state index in [1.807, 2.05) is 0 Å². The largest absolute Gasteiger partial charge is 0.323 e. The third-order valence-electron chi connectivity index (χ3n) is 3.78. The summed E-state index contributed by atoms with van der Waals surface area (Å²) >= 11 is 0. The van der Waals surface area contributed by atoms with Crippen LogP contribution in [0, 0.1) is 12.8 Å². The van der Waals surface area contributed by atoms with E-state index in [1.54, 1.807) is 11.1 Å². The summed E-state index contributed by atoms with van der Waals surface area (Å²) in [5.41, 5.74) is 5.70. The SMILES string of the molecule is Cc1cccc(-n2cc3c(c2)CC(C)CC3)c1. The van der Waals surface area contributed by atoms with Crippen LogP contribution < -0.4 is 0 Å². The molecule has 1 atom stereocenters. The van der Waals surface area contributed by atoms with Gasteiger partial charge in [-0.1, -0.05) is 19.1 Å². The molecule has 0 spiro atoms. The van der Waals surface area contributed by atoms with E-state index in [-0.39, 0.29) is 0 Å². The van der Waals surface area contributed by atoms with Crippen LogP contribution in [0.25, 0.3) is 5.69 Å². The lowest BCUT2D eigenvalue weighted by molar-refractivity contribution is 0.503. The van der Waals surface area contributed by atoms with Crippen molar-refractivity contribution in [1.82, 2.24) is 4.57 Å². The summed E-state index contributed by atoms with van der Waals surface area (Å²) < 4.78 is 2.29. The van der Waals surface area contributed by atoms with Crippen LogP contribution in [0.5, 0.6) is 0 Å². The fourth-order valence-electron chi connectivity index (χ4n) is 2.76. The second-order valence-electron chi connectivity index (χ2n) is 5.40. The van der Waals surface area contributed by atoms with Gasteiger partial charge in [-0.15, -0.1) is 0 Å². The van der Waals surface area contributed by atoms with Gasteiger partial charge in [0.05, 0.1) is 0 Å². The van der Waals surface area contributed by atoms with Crippen molar-refractivity contribution in [2.75, 3.05) is 0 Å². The molecule has 1 unspecified atom stereocenters. The lowest BCUT2D eigenvalue weighted by atomic mass is 9.88. The molecule has 1 aromatic carbocycles. The van der Waals surface area contributed by atoms with Gasteiger partial charge in [-0.05, 0) is 60.9 Å². The lowest BCUT2D eigenvalue weighted by Crippen LogP contribution is -2.08. The summed E-state index contributed by atoms with van der Waals surface area (Å²) in [6.07, 6.45) is 8.46. The number of nitrogens with zero attached hydrogens (tertiary/aromatic N) is 1. The lowest BCUT2D eigenvalue weighted by Gasteiger charge is -2.17. The maximum absolute atomic E-state index is 2.35. The van der Waals surface area contributed by atoms with Gasteiger partial charge in [0.2, 0.25) is 0 Å². The van der Waals surface area contributed by atoms with Crippen LogP contribution in [-0.2, 0) is 12.8 Å². The van der Waals surface area contributed by atoms with Crippen LogP contribution >= 0.6 is 0 Å². The molecule has 0 fully saturated rings. The zero-order valence-electron chi connectivity index (χ0n) is 10.6. The Hall–Kier alpha value is -1.50. The summed E-state index contributed by atoms with van der Waals surface area (Å²) in [4.78, 5) is 0. The zero-order chi connectivity index (χ0) is 11.8. The molecule has 1 heterocycles. The van der Waals surface area contributed by atoms with Crippen molar-refractivity contribution in [1.29, 1.82) is 0 Å². The van der Waals surface area contributed by atoms with Crippen LogP contribution in [0.1, 0.15) is 30.0 Å². The van der Waals surface area contributed by atoms with Crippen molar-refractivity contribution in [2.45, 2.75) is 33.1 Å². The minimum Gasteiger partial charge on any atom is -0.323 e. The maximum atomic E-state index is 2.35. The highest BCUT2D eigenvalue weighted by atomic mass is 14.9. The molecule has 0 radical (unpaired) electrons. The first-order valence-corrected chi connectivity index (χ1v) is 6.49. The Bertz CT molecular complexity index is 536. The van der Waals surface area contributed by atoms with E-state index >= 15 is 0 Å². The van der Waals surface area contributed by atoms with Crippen LogP contribution in [0.2, 0.25) is 0 Å². The fourth-order valence-corrected chi connectivity index (χ4v) is 2.76. The van der Waals surface area contributed by atoms with Crippen LogP contribution in [0.4, 0.5) is 0 Å². The van der Waals surface area contributed by atoms with Gasteiger partial charge in [-0.3, -0.25) is 0 Å². The molecule has 0 N–H and O–H groups in total. The smallest absolute Gasteiger partial charge is 0.0452 e. The molecule has 0 bridgehead atoms. The molecule has 0 saturated carbocycles. The average molecular weight is 225 g/mol. The van der Waals surface area contributed by atoms with Crippen molar-refractivity contribution in [2.24, 2.45) is 5.92 Å². The van der Waals surface area contributed by atoms with Crippen molar-refractivity contribution >= 4 is 0 Å². The molecule has 2 aromatic rings. The molecule has 1 aromatic heterocycles. The van der Waals surface area contributed by atoms with Crippen molar-refractivity contribution in [3.05, 3.63) is 53.3 Å². The number of rotatable bonds is 1. The van der Waals surface area contributed by atoms with E-state index in [0.29, 0.717) is 0 Å². The molecule has 0 saturated heterocycles. The Labute approximate surface area is 103 Å². The van der Waals surface area contributed by atoms with Gasteiger partial charge in [0, 0.05) is 18.1 Å². The van der Waals surface area contributed by atoms with Crippen LogP contribution in [0.3, 0.4) is 0 Å². The predicted molar refractivity (Wildman–Crippen MR) is 71.7 cm³/mol. The minimum absolute atomic E-state index is 0.843. The van der Waals surface area contributed by atoms with Gasteiger partial charge >= 0.3 is 0 Å². The number of hydrogen-bond donors (Lipinski definition) is 0. The number of benzene rings is 1. The standard InChI is InChI=1S/C16H19N/c1-12-4-3-5-16(9-12)17-10-14-7-6-13(2)8-15(14)11-17/h3-5,9-11,13H,6-8H2,1-2H3. The molecule has 1 aliphatic carbocycles. The second-order valence-corrected chi connectivity index (χ2v) is 5.40. The number of hydrogen-bond acceptors (Lipinski definition) is 0. The summed E-state index contributed by atoms with van der Waals surface area (Å²) in [5, 5.41) is 0. The first-order valence-electron chi connectivity index (χ1n) is 6.49. The van der Waals surface area contributed by atoms with E-state index < -0.39 is 0 Å². The highest BCUT2D eigenvalue weighted by molar-refractivity contribution is 5.40. The third-order valence-corrected chi connectivity index (χ3v) is 3.78. The van der Waals surface area contributed by atoms with Crippen molar-refractivity contribution in [3.8, 4) is 5.69 Å². The quantitative estimate of drug-likeness (QED) is 0.693. The van der Waals surface area contributed by atoms with Crippen molar-refractivity contribution in [3.63, 3.8) is 0 Å². The zero-order valence-corrected chi connectivity index (χ0v) is 10.6. The van der Waals surface area contributed by atoms with Gasteiger partial charge in [-0.2, -0.15) is 0 Å². The molecule has 1 heteroatoms. The van der Waals surface area contributed by atoms with Gasteiger partial charge in [0.15, 0.2) is 0 Å². The van der Waals surface area contributed by atoms with E-state index in [2.05, 4.69) is 55.1 Å². The molecular weight excluding hydrogens is 206 g/mol. The van der Waals surface area contributed by atoms with E-state index in [4.69, 9.17) is 0 Å². The van der Waals surface area contributed by atoms with Gasteiger partial charge in [0.25, 0.3) is 0 Å². The summed E-state index contributed by atoms with van der Waals surface area (Å²) in [7, 11) is 0. The Morgan fingerprint density at radius 2 is 2.00 bits per heavy atom. The highest BCUT2D eigenvalue weighted by Gasteiger charge is 2.17. The fraction of sp³-hybridized carbons (Fsp3) is 0.375. The van der Waals surface area contributed by atoms with Crippen molar-refractivity contribution < 1.29 is 0 Å². The Balaban J connectivity index is 2.00. The Kier molecular flexibility index (Phi) is 2.54. The molecule has 17 heavy (non-hydrogen) atoms. The van der Waals surface area contributed by atoms with Gasteiger partial charge < -0.3 is 4.57 Å². The molecule has 0 amide bonds. The monoisotopic (exact) mass is 225 g/mol. The number of fused-ring (bicyclic) bond motifs is 1. The topological polar surface area (TPSA) is 4.93 Å². The maximum Gasteiger partial charge on any atom is 0.0452 e. The van der Waals surface area contributed by atoms with E-state index in [0.717, 1.165) is 5.92 Å². The van der Waals surface area contributed by atoms with E-state index in [1.165, 1.54) is 30.5 Å². The first kappa shape index (κ1) is 10.6. The molecule has 3 rings (SSSR count). The molecule has 88 valence electrons. The van der Waals surface area contributed by atoms with Crippen LogP contribution in [-0.4, -0.2) is 4.57 Å². The third kappa shape index (κ3) is 2.02. The minimum atomic E-state index is 0.843. The summed E-state index contributed by atoms with van der Waals surface area (Å²) in [6, 6.07) is 8.71. The summed E-state index contributed by atoms with van der Waals surface area (Å²) in [6.45, 7) is 4.50. The van der Waals surface area contributed by atoms with Gasteiger partial charge in [-0.25, -0.2) is 0 Å². The first-order chi connectivity index (χ1) is 8.22.